The molecule has 1 rings (SSSR count). The van der Waals surface area contributed by atoms with Gasteiger partial charge in [0.15, 0.2) is 5.92 Å². The van der Waals surface area contributed by atoms with Gasteiger partial charge in [-0.15, -0.1) is 0 Å². The molecular weight excluding hydrogens is 220 g/mol. The molecule has 17 heavy (non-hydrogen) atoms. The van der Waals surface area contributed by atoms with Crippen LogP contribution in [0.5, 0.6) is 0 Å². The van der Waals surface area contributed by atoms with E-state index >= 15 is 0 Å². The van der Waals surface area contributed by atoms with E-state index in [1.54, 1.807) is 0 Å². The minimum Gasteiger partial charge on any atom is -0.468 e. The maximum Gasteiger partial charge on any atom is 0.320 e. The number of hydrogen-bond donors (Lipinski definition) is 0. The fourth-order valence-corrected chi connectivity index (χ4v) is 2.93. The van der Waals surface area contributed by atoms with Gasteiger partial charge in [-0.25, -0.2) is 0 Å². The second-order valence-electron chi connectivity index (χ2n) is 4.64. The first kappa shape index (κ1) is 14.0. The Morgan fingerprint density at radius 1 is 1.12 bits per heavy atom. The average molecular weight is 242 g/mol. The van der Waals surface area contributed by atoms with Crippen molar-refractivity contribution in [2.75, 3.05) is 14.2 Å². The van der Waals surface area contributed by atoms with Gasteiger partial charge in [0.25, 0.3) is 0 Å². The van der Waals surface area contributed by atoms with Gasteiger partial charge in [0.2, 0.25) is 0 Å². The minimum atomic E-state index is -0.752. The Bertz CT molecular complexity index is 253. The Labute approximate surface area is 103 Å². The Morgan fingerprint density at radius 2 is 1.59 bits per heavy atom. The van der Waals surface area contributed by atoms with Crippen LogP contribution in [0.2, 0.25) is 0 Å². The summed E-state index contributed by atoms with van der Waals surface area (Å²) in [5, 5.41) is 0. The molecule has 98 valence electrons. The van der Waals surface area contributed by atoms with Crippen LogP contribution in [-0.2, 0) is 19.1 Å². The number of ether oxygens (including phenoxy) is 2. The summed E-state index contributed by atoms with van der Waals surface area (Å²) in [5.74, 6) is -1.18. The fourth-order valence-electron chi connectivity index (χ4n) is 2.93. The largest absolute Gasteiger partial charge is 0.468 e. The molecule has 4 heteroatoms. The van der Waals surface area contributed by atoms with Crippen LogP contribution < -0.4 is 0 Å². The van der Waals surface area contributed by atoms with E-state index in [1.807, 2.05) is 6.92 Å². The molecule has 0 bridgehead atoms. The Balaban J connectivity index is 2.84. The zero-order valence-corrected chi connectivity index (χ0v) is 10.9. The van der Waals surface area contributed by atoms with Crippen molar-refractivity contribution >= 4 is 11.9 Å². The maximum atomic E-state index is 11.7. The van der Waals surface area contributed by atoms with Crippen LogP contribution in [0, 0.1) is 17.8 Å². The van der Waals surface area contributed by atoms with E-state index in [0.29, 0.717) is 5.92 Å². The SMILES string of the molecule is CCC(C1CCCC1)C(C(=O)OC)C(=O)OC. The van der Waals surface area contributed by atoms with Crippen LogP contribution in [0.4, 0.5) is 0 Å². The van der Waals surface area contributed by atoms with Crippen LogP contribution in [0.25, 0.3) is 0 Å². The summed E-state index contributed by atoms with van der Waals surface area (Å²) in [4.78, 5) is 23.5. The molecule has 1 unspecified atom stereocenters. The third kappa shape index (κ3) is 3.20. The molecule has 0 aliphatic heterocycles. The van der Waals surface area contributed by atoms with Gasteiger partial charge in [-0.05, 0) is 11.8 Å². The van der Waals surface area contributed by atoms with E-state index in [4.69, 9.17) is 9.47 Å². The molecule has 1 atom stereocenters. The third-order valence-corrected chi connectivity index (χ3v) is 3.82. The number of carbonyl (C=O) groups is 2. The van der Waals surface area contributed by atoms with Gasteiger partial charge < -0.3 is 9.47 Å². The van der Waals surface area contributed by atoms with Crippen LogP contribution >= 0.6 is 0 Å². The molecule has 0 spiro atoms. The maximum absolute atomic E-state index is 11.7. The predicted octanol–water partition coefficient (Wildman–Crippen LogP) is 2.17. The van der Waals surface area contributed by atoms with Gasteiger partial charge in [-0.1, -0.05) is 39.0 Å². The van der Waals surface area contributed by atoms with Gasteiger partial charge in [0.1, 0.15) is 0 Å². The summed E-state index contributed by atoms with van der Waals surface area (Å²) in [6.45, 7) is 2.02. The molecule has 0 heterocycles. The summed E-state index contributed by atoms with van der Waals surface area (Å²) < 4.78 is 9.48. The number of esters is 2. The van der Waals surface area contributed by atoms with Crippen molar-refractivity contribution in [3.05, 3.63) is 0 Å². The molecule has 0 N–H and O–H groups in total. The molecule has 0 aromatic heterocycles. The first-order chi connectivity index (χ1) is 8.15. The summed E-state index contributed by atoms with van der Waals surface area (Å²) in [6, 6.07) is 0. The van der Waals surface area contributed by atoms with Gasteiger partial charge in [-0.3, -0.25) is 9.59 Å². The highest BCUT2D eigenvalue weighted by Gasteiger charge is 2.40. The van der Waals surface area contributed by atoms with Crippen molar-refractivity contribution in [1.29, 1.82) is 0 Å². The van der Waals surface area contributed by atoms with Crippen molar-refractivity contribution in [2.24, 2.45) is 17.8 Å². The lowest BCUT2D eigenvalue weighted by atomic mass is 9.78. The van der Waals surface area contributed by atoms with Gasteiger partial charge in [-0.2, -0.15) is 0 Å². The van der Waals surface area contributed by atoms with E-state index in [9.17, 15) is 9.59 Å². The van der Waals surface area contributed by atoms with Crippen LogP contribution in [0.15, 0.2) is 0 Å². The van der Waals surface area contributed by atoms with Gasteiger partial charge in [0.05, 0.1) is 14.2 Å². The third-order valence-electron chi connectivity index (χ3n) is 3.82. The zero-order chi connectivity index (χ0) is 12.8. The predicted molar refractivity (Wildman–Crippen MR) is 63.3 cm³/mol. The first-order valence-corrected chi connectivity index (χ1v) is 6.31. The van der Waals surface area contributed by atoms with E-state index in [0.717, 1.165) is 19.3 Å². The van der Waals surface area contributed by atoms with Gasteiger partial charge >= 0.3 is 11.9 Å². The quantitative estimate of drug-likeness (QED) is 0.547. The smallest absolute Gasteiger partial charge is 0.320 e. The van der Waals surface area contributed by atoms with Crippen molar-refractivity contribution in [3.8, 4) is 0 Å². The summed E-state index contributed by atoms with van der Waals surface area (Å²) >= 11 is 0. The highest BCUT2D eigenvalue weighted by molar-refractivity contribution is 5.95. The van der Waals surface area contributed by atoms with E-state index in [2.05, 4.69) is 0 Å². The molecule has 0 saturated heterocycles. The van der Waals surface area contributed by atoms with E-state index < -0.39 is 17.9 Å². The molecule has 0 aromatic carbocycles. The molecule has 1 saturated carbocycles. The van der Waals surface area contributed by atoms with E-state index in [-0.39, 0.29) is 5.92 Å². The standard InChI is InChI=1S/C13H22O4/c1-4-10(9-7-5-6-8-9)11(12(14)16-2)13(15)17-3/h9-11H,4-8H2,1-3H3. The van der Waals surface area contributed by atoms with Crippen LogP contribution in [0.3, 0.4) is 0 Å². The van der Waals surface area contributed by atoms with Crippen molar-refractivity contribution < 1.29 is 19.1 Å². The summed E-state index contributed by atoms with van der Waals surface area (Å²) in [7, 11) is 2.64. The zero-order valence-electron chi connectivity index (χ0n) is 10.9. The van der Waals surface area contributed by atoms with Gasteiger partial charge in [0, 0.05) is 0 Å². The highest BCUT2D eigenvalue weighted by atomic mass is 16.5. The Hall–Kier alpha value is -1.06. The van der Waals surface area contributed by atoms with E-state index in [1.165, 1.54) is 27.1 Å². The molecule has 0 radical (unpaired) electrons. The highest BCUT2D eigenvalue weighted by Crippen LogP contribution is 2.38. The first-order valence-electron chi connectivity index (χ1n) is 6.31. The van der Waals surface area contributed by atoms with Crippen LogP contribution in [0.1, 0.15) is 39.0 Å². The average Bonchev–Trinajstić information content (AvgIpc) is 2.87. The topological polar surface area (TPSA) is 52.6 Å². The van der Waals surface area contributed by atoms with Crippen molar-refractivity contribution in [1.82, 2.24) is 0 Å². The second-order valence-corrected chi connectivity index (χ2v) is 4.64. The lowest BCUT2D eigenvalue weighted by molar-refractivity contribution is -0.162. The molecule has 1 fully saturated rings. The summed E-state index contributed by atoms with van der Waals surface area (Å²) in [6.07, 6.45) is 5.39. The summed E-state index contributed by atoms with van der Waals surface area (Å²) in [5.41, 5.74) is 0. The number of hydrogen-bond acceptors (Lipinski definition) is 4. The lowest BCUT2D eigenvalue weighted by Crippen LogP contribution is -2.36. The van der Waals surface area contributed by atoms with Crippen LogP contribution in [-0.4, -0.2) is 26.2 Å². The molecule has 1 aliphatic rings. The Kier molecular flexibility index (Phi) is 5.45. The number of carbonyl (C=O) groups excluding carboxylic acids is 2. The molecule has 1 aliphatic carbocycles. The molecule has 0 aromatic rings. The fraction of sp³-hybridized carbons (Fsp3) is 0.846. The number of rotatable bonds is 5. The molecule has 4 nitrogen and oxygen atoms in total. The Morgan fingerprint density at radius 3 is 1.94 bits per heavy atom. The second kappa shape index (κ2) is 6.62. The number of methoxy groups -OCH3 is 2. The van der Waals surface area contributed by atoms with Crippen molar-refractivity contribution in [3.63, 3.8) is 0 Å². The monoisotopic (exact) mass is 242 g/mol. The normalized spacial score (nSPS) is 18.1. The lowest BCUT2D eigenvalue weighted by Gasteiger charge is -2.27. The molecular formula is C13H22O4. The minimum absolute atomic E-state index is 0.0531. The molecule has 0 amide bonds. The van der Waals surface area contributed by atoms with Crippen molar-refractivity contribution in [2.45, 2.75) is 39.0 Å².